The molecule has 1 aromatic rings. The molecule has 5 nitrogen and oxygen atoms in total. The minimum absolute atomic E-state index is 0.145. The second kappa shape index (κ2) is 10.8. The van der Waals surface area contributed by atoms with Crippen LogP contribution in [0.15, 0.2) is 24.3 Å². The summed E-state index contributed by atoms with van der Waals surface area (Å²) in [5.74, 6) is 0. The molecule has 0 aliphatic carbocycles. The number of ether oxygens (including phenoxy) is 3. The van der Waals surface area contributed by atoms with E-state index in [0.29, 0.717) is 13.0 Å². The highest BCUT2D eigenvalue weighted by molar-refractivity contribution is 14.1. The van der Waals surface area contributed by atoms with Crippen LogP contribution in [0.2, 0.25) is 0 Å². The van der Waals surface area contributed by atoms with Gasteiger partial charge in [0.1, 0.15) is 19.0 Å². The lowest BCUT2D eigenvalue weighted by Crippen LogP contribution is -2.33. The van der Waals surface area contributed by atoms with E-state index in [0.717, 1.165) is 15.6 Å². The number of benzene rings is 1. The van der Waals surface area contributed by atoms with Crippen molar-refractivity contribution in [3.8, 4) is 0 Å². The lowest BCUT2D eigenvalue weighted by Gasteiger charge is -2.27. The zero-order chi connectivity index (χ0) is 16.4. The van der Waals surface area contributed by atoms with Gasteiger partial charge in [0.15, 0.2) is 0 Å². The molecule has 124 valence electrons. The maximum absolute atomic E-state index is 11.8. The molecule has 0 fully saturated rings. The molecule has 2 atom stereocenters. The average molecular weight is 421 g/mol. The summed E-state index contributed by atoms with van der Waals surface area (Å²) in [5, 5.41) is 2.72. The molecular weight excluding hydrogens is 397 g/mol. The van der Waals surface area contributed by atoms with E-state index in [1.165, 1.54) is 0 Å². The Balaban J connectivity index is 2.87. The van der Waals surface area contributed by atoms with Gasteiger partial charge in [-0.1, -0.05) is 32.0 Å². The summed E-state index contributed by atoms with van der Waals surface area (Å²) < 4.78 is 17.4. The summed E-state index contributed by atoms with van der Waals surface area (Å²) in [4.78, 5) is 11.8. The van der Waals surface area contributed by atoms with Crippen molar-refractivity contribution in [2.45, 2.75) is 38.9 Å². The monoisotopic (exact) mass is 421 g/mol. The summed E-state index contributed by atoms with van der Waals surface area (Å²) in [6.45, 7) is 4.71. The van der Waals surface area contributed by atoms with Crippen LogP contribution in [0, 0.1) is 3.57 Å². The number of carbonyl (C=O) groups is 1. The van der Waals surface area contributed by atoms with Crippen LogP contribution >= 0.6 is 22.6 Å². The molecule has 6 heteroatoms. The van der Waals surface area contributed by atoms with Gasteiger partial charge < -0.3 is 19.5 Å². The molecule has 0 aromatic heterocycles. The molecule has 0 radical (unpaired) electrons. The molecular formula is C16H24INO4. The fourth-order valence-corrected chi connectivity index (χ4v) is 2.70. The molecule has 0 spiro atoms. The number of carbonyl (C=O) groups excluding carboxylic acids is 1. The maximum atomic E-state index is 11.8. The van der Waals surface area contributed by atoms with Crippen LogP contribution < -0.4 is 5.32 Å². The van der Waals surface area contributed by atoms with Gasteiger partial charge in [-0.2, -0.15) is 0 Å². The Bertz CT molecular complexity index is 456. The second-order valence-corrected chi connectivity index (χ2v) is 5.96. The molecule has 0 saturated heterocycles. The topological polar surface area (TPSA) is 56.8 Å². The van der Waals surface area contributed by atoms with Crippen molar-refractivity contribution in [1.82, 2.24) is 5.32 Å². The van der Waals surface area contributed by atoms with E-state index in [9.17, 15) is 4.79 Å². The standard InChI is InChI=1S/C16H24INO4/c1-4-10-18-16(19)22-14(5-2)15(21-11-20-3)12-8-6-7-9-13(12)17/h6-9,14-15H,4-5,10-11H2,1-3H3,(H,18,19)/t14-,15-/m0/s1. The first-order chi connectivity index (χ1) is 10.6. The van der Waals surface area contributed by atoms with Crippen LogP contribution in [-0.4, -0.2) is 32.6 Å². The number of alkyl carbamates (subject to hydrolysis) is 1. The van der Waals surface area contributed by atoms with Crippen molar-refractivity contribution in [1.29, 1.82) is 0 Å². The first-order valence-electron chi connectivity index (χ1n) is 7.43. The number of methoxy groups -OCH3 is 1. The molecule has 0 aliphatic rings. The third-order valence-electron chi connectivity index (χ3n) is 3.09. The minimum Gasteiger partial charge on any atom is -0.443 e. The van der Waals surface area contributed by atoms with Gasteiger partial charge in [0, 0.05) is 17.2 Å². The van der Waals surface area contributed by atoms with Gasteiger partial charge in [0.25, 0.3) is 0 Å². The van der Waals surface area contributed by atoms with E-state index in [1.807, 2.05) is 38.1 Å². The smallest absolute Gasteiger partial charge is 0.407 e. The molecule has 1 rings (SSSR count). The Hall–Kier alpha value is -0.860. The molecule has 22 heavy (non-hydrogen) atoms. The quantitative estimate of drug-likeness (QED) is 0.486. The first-order valence-corrected chi connectivity index (χ1v) is 8.51. The number of rotatable bonds is 9. The maximum Gasteiger partial charge on any atom is 0.407 e. The van der Waals surface area contributed by atoms with Crippen LogP contribution in [-0.2, 0) is 14.2 Å². The minimum atomic E-state index is -0.411. The summed E-state index contributed by atoms with van der Waals surface area (Å²) >= 11 is 2.26. The van der Waals surface area contributed by atoms with Crippen LogP contribution in [0.1, 0.15) is 38.4 Å². The van der Waals surface area contributed by atoms with Crippen molar-refractivity contribution >= 4 is 28.7 Å². The molecule has 0 aliphatic heterocycles. The fraction of sp³-hybridized carbons (Fsp3) is 0.562. The van der Waals surface area contributed by atoms with Gasteiger partial charge >= 0.3 is 6.09 Å². The summed E-state index contributed by atoms with van der Waals surface area (Å²) in [5.41, 5.74) is 0.996. The molecule has 0 unspecified atom stereocenters. The van der Waals surface area contributed by atoms with Crippen molar-refractivity contribution in [3.05, 3.63) is 33.4 Å². The second-order valence-electron chi connectivity index (χ2n) is 4.79. The van der Waals surface area contributed by atoms with Crippen LogP contribution in [0.5, 0.6) is 0 Å². The van der Waals surface area contributed by atoms with E-state index in [-0.39, 0.29) is 19.0 Å². The van der Waals surface area contributed by atoms with Gasteiger partial charge in [0.05, 0.1) is 0 Å². The van der Waals surface area contributed by atoms with E-state index in [2.05, 4.69) is 27.9 Å². The molecule has 1 amide bonds. The van der Waals surface area contributed by atoms with Gasteiger partial charge in [0.2, 0.25) is 0 Å². The third kappa shape index (κ3) is 6.10. The zero-order valence-corrected chi connectivity index (χ0v) is 15.5. The number of nitrogens with one attached hydrogen (secondary N) is 1. The number of hydrogen-bond donors (Lipinski definition) is 1. The van der Waals surface area contributed by atoms with E-state index in [1.54, 1.807) is 7.11 Å². The van der Waals surface area contributed by atoms with Crippen LogP contribution in [0.3, 0.4) is 0 Å². The summed E-state index contributed by atoms with van der Waals surface area (Å²) in [6, 6.07) is 7.90. The molecule has 0 saturated carbocycles. The lowest BCUT2D eigenvalue weighted by molar-refractivity contribution is -0.117. The summed E-state index contributed by atoms with van der Waals surface area (Å²) in [7, 11) is 1.57. The Labute approximate surface area is 145 Å². The van der Waals surface area contributed by atoms with E-state index < -0.39 is 6.09 Å². The largest absolute Gasteiger partial charge is 0.443 e. The highest BCUT2D eigenvalue weighted by Gasteiger charge is 2.27. The summed E-state index contributed by atoms with van der Waals surface area (Å²) in [6.07, 6.45) is 0.379. The molecule has 0 heterocycles. The first kappa shape index (κ1) is 19.2. The van der Waals surface area contributed by atoms with Crippen molar-refractivity contribution < 1.29 is 19.0 Å². The predicted molar refractivity (Wildman–Crippen MR) is 93.7 cm³/mol. The third-order valence-corrected chi connectivity index (χ3v) is 4.08. The SMILES string of the molecule is CCCNC(=O)O[C@@H](CC)[C@@H](OCOC)c1ccccc1I. The normalized spacial score (nSPS) is 13.5. The van der Waals surface area contributed by atoms with E-state index in [4.69, 9.17) is 14.2 Å². The fourth-order valence-electron chi connectivity index (χ4n) is 2.01. The molecule has 0 bridgehead atoms. The lowest BCUT2D eigenvalue weighted by atomic mass is 10.0. The van der Waals surface area contributed by atoms with Gasteiger partial charge in [-0.15, -0.1) is 0 Å². The van der Waals surface area contributed by atoms with Crippen LogP contribution in [0.4, 0.5) is 4.79 Å². The number of halogens is 1. The van der Waals surface area contributed by atoms with E-state index >= 15 is 0 Å². The average Bonchev–Trinajstić information content (AvgIpc) is 2.53. The molecule has 1 N–H and O–H groups in total. The predicted octanol–water partition coefficient (Wildman–Crippen LogP) is 3.87. The Morgan fingerprint density at radius 3 is 2.64 bits per heavy atom. The highest BCUT2D eigenvalue weighted by Crippen LogP contribution is 2.29. The Kier molecular flexibility index (Phi) is 9.42. The highest BCUT2D eigenvalue weighted by atomic mass is 127. The van der Waals surface area contributed by atoms with Gasteiger partial charge in [-0.25, -0.2) is 4.79 Å². The zero-order valence-electron chi connectivity index (χ0n) is 13.3. The molecule has 1 aromatic carbocycles. The Morgan fingerprint density at radius 2 is 2.05 bits per heavy atom. The van der Waals surface area contributed by atoms with Crippen molar-refractivity contribution in [2.75, 3.05) is 20.4 Å². The van der Waals surface area contributed by atoms with Crippen molar-refractivity contribution in [2.24, 2.45) is 0 Å². The number of hydrogen-bond acceptors (Lipinski definition) is 4. The number of amides is 1. The van der Waals surface area contributed by atoms with Gasteiger partial charge in [-0.3, -0.25) is 0 Å². The van der Waals surface area contributed by atoms with Gasteiger partial charge in [-0.05, 0) is 47.1 Å². The van der Waals surface area contributed by atoms with Crippen LogP contribution in [0.25, 0.3) is 0 Å². The Morgan fingerprint density at radius 1 is 1.32 bits per heavy atom. The van der Waals surface area contributed by atoms with Crippen molar-refractivity contribution in [3.63, 3.8) is 0 Å².